The smallest absolute Gasteiger partial charge is 0.266 e. The molecule has 0 amide bonds. The highest BCUT2D eigenvalue weighted by atomic mass is 35.5. The van der Waals surface area contributed by atoms with Crippen LogP contribution in [0.4, 0.5) is 8.78 Å². The number of benzene rings is 3. The van der Waals surface area contributed by atoms with Gasteiger partial charge in [0, 0.05) is 23.0 Å². The minimum atomic E-state index is -1.04. The lowest BCUT2D eigenvalue weighted by Crippen LogP contribution is -2.22. The lowest BCUT2D eigenvalue weighted by atomic mass is 10.1. The molecule has 6 nitrogen and oxygen atoms in total. The van der Waals surface area contributed by atoms with Gasteiger partial charge >= 0.3 is 0 Å². The van der Waals surface area contributed by atoms with Crippen molar-refractivity contribution in [2.75, 3.05) is 13.2 Å². The summed E-state index contributed by atoms with van der Waals surface area (Å²) < 4.78 is 42.4. The summed E-state index contributed by atoms with van der Waals surface area (Å²) in [6.07, 6.45) is 0. The number of aromatic amines is 1. The number of aryl methyl sites for hydroxylation is 1. The molecule has 0 unspecified atom stereocenters. The van der Waals surface area contributed by atoms with Crippen molar-refractivity contribution in [3.05, 3.63) is 113 Å². The summed E-state index contributed by atoms with van der Waals surface area (Å²) in [5.74, 6) is -1.49. The number of rotatable bonds is 7. The molecule has 2 aromatic heterocycles. The summed E-state index contributed by atoms with van der Waals surface area (Å²) in [6.45, 7) is 5.76. The quantitative estimate of drug-likeness (QED) is 0.276. The third kappa shape index (κ3) is 5.30. The van der Waals surface area contributed by atoms with E-state index < -0.39 is 17.1 Å². The predicted octanol–water partition coefficient (Wildman–Crippen LogP) is 4.97. The van der Waals surface area contributed by atoms with Crippen LogP contribution in [0, 0.1) is 11.6 Å². The second-order valence-corrected chi connectivity index (χ2v) is 10.6. The van der Waals surface area contributed by atoms with Crippen LogP contribution < -0.4 is 29.7 Å². The highest BCUT2D eigenvalue weighted by Crippen LogP contribution is 2.32. The van der Waals surface area contributed by atoms with Crippen LogP contribution in [0.3, 0.4) is 0 Å². The van der Waals surface area contributed by atoms with Gasteiger partial charge in [-0.05, 0) is 66.6 Å². The van der Waals surface area contributed by atoms with Crippen molar-refractivity contribution in [2.45, 2.75) is 6.92 Å². The molecule has 204 valence electrons. The lowest BCUT2D eigenvalue weighted by Gasteiger charge is -2.18. The zero-order valence-corrected chi connectivity index (χ0v) is 23.1. The number of nitrogens with one attached hydrogen (secondary N) is 1. The third-order valence-corrected chi connectivity index (χ3v) is 7.71. The Morgan fingerprint density at radius 3 is 2.40 bits per heavy atom. The van der Waals surface area contributed by atoms with Gasteiger partial charge in [0.05, 0.1) is 20.4 Å². The molecule has 0 fully saturated rings. The van der Waals surface area contributed by atoms with Crippen molar-refractivity contribution in [3.8, 4) is 22.8 Å². The van der Waals surface area contributed by atoms with Crippen molar-refractivity contribution in [2.24, 2.45) is 7.05 Å². The minimum absolute atomic E-state index is 0.00870. The van der Waals surface area contributed by atoms with Crippen molar-refractivity contribution >= 4 is 46.0 Å². The second kappa shape index (κ2) is 11.1. The first kappa shape index (κ1) is 27.4. The first-order valence-electron chi connectivity index (χ1n) is 12.2. The number of aromatic nitrogens is 2. The van der Waals surface area contributed by atoms with Crippen LogP contribution in [0.5, 0.6) is 11.5 Å². The molecule has 0 spiro atoms. The van der Waals surface area contributed by atoms with E-state index in [0.717, 1.165) is 23.3 Å². The molecule has 5 aromatic rings. The van der Waals surface area contributed by atoms with Crippen LogP contribution in [0.1, 0.15) is 12.5 Å². The molecule has 2 heterocycles. The van der Waals surface area contributed by atoms with Gasteiger partial charge in [-0.1, -0.05) is 30.3 Å². The number of nitrogens with zero attached hydrogens (tertiary/aromatic N) is 1. The Balaban J connectivity index is 1.39. The molecule has 40 heavy (non-hydrogen) atoms. The van der Waals surface area contributed by atoms with Gasteiger partial charge in [0.2, 0.25) is 5.43 Å². The first-order chi connectivity index (χ1) is 19.1. The van der Waals surface area contributed by atoms with Crippen LogP contribution in [0.2, 0.25) is 5.02 Å². The summed E-state index contributed by atoms with van der Waals surface area (Å²) in [5, 5.41) is 0.792. The maximum atomic E-state index is 14.1. The molecule has 3 aromatic carbocycles. The molecule has 0 atom stereocenters. The van der Waals surface area contributed by atoms with Gasteiger partial charge in [-0.25, -0.2) is 8.78 Å². The third-order valence-electron chi connectivity index (χ3n) is 6.43. The van der Waals surface area contributed by atoms with Crippen molar-refractivity contribution < 1.29 is 18.3 Å². The van der Waals surface area contributed by atoms with E-state index in [0.29, 0.717) is 30.9 Å². The Kier molecular flexibility index (Phi) is 7.60. The molecule has 0 aliphatic heterocycles. The zero-order valence-electron chi connectivity index (χ0n) is 21.5. The molecule has 0 saturated heterocycles. The van der Waals surface area contributed by atoms with Gasteiger partial charge in [-0.2, -0.15) is 0 Å². The number of ether oxygens (including phenoxy) is 2. The molecule has 5 rings (SSSR count). The number of fused-ring (bicyclic) bond motifs is 1. The fourth-order valence-corrected chi connectivity index (χ4v) is 5.41. The molecule has 1 N–H and O–H groups in total. The Hall–Kier alpha value is -4.21. The van der Waals surface area contributed by atoms with Crippen LogP contribution in [0.15, 0.2) is 70.3 Å². The highest BCUT2D eigenvalue weighted by molar-refractivity contribution is 7.07. The predicted molar refractivity (Wildman–Crippen MR) is 155 cm³/mol. The number of halogens is 3. The molecule has 0 bridgehead atoms. The van der Waals surface area contributed by atoms with E-state index in [1.54, 1.807) is 41.9 Å². The standard InChI is InChI=1S/C30H23ClF2N2O4S/c1-16(29-30(37)34-17(2)40-29)18-4-8-21(9-5-18)38-12-13-39-28-26(19-6-11-23(32)24(33)14-19)35(3)25-15-20(31)7-10-22(25)27(28)36/h4-11,14-15H,2,12-13H2,1,3H3,(H,34,37)/b29-16+. The topological polar surface area (TPSA) is 73.3 Å². The van der Waals surface area contributed by atoms with E-state index in [4.69, 9.17) is 21.1 Å². The fraction of sp³-hybridized carbons (Fsp3) is 0.133. The summed E-state index contributed by atoms with van der Waals surface area (Å²) in [5.41, 5.74) is 2.19. The average Bonchev–Trinajstić information content (AvgIpc) is 3.28. The maximum Gasteiger partial charge on any atom is 0.266 e. The van der Waals surface area contributed by atoms with E-state index in [9.17, 15) is 18.4 Å². The number of hydrogen-bond donors (Lipinski definition) is 1. The van der Waals surface area contributed by atoms with Crippen molar-refractivity contribution in [3.63, 3.8) is 0 Å². The first-order valence-corrected chi connectivity index (χ1v) is 13.4. The maximum absolute atomic E-state index is 14.1. The molecule has 0 aliphatic carbocycles. The molecule has 0 saturated carbocycles. The molecule has 10 heteroatoms. The van der Waals surface area contributed by atoms with E-state index >= 15 is 0 Å². The van der Waals surface area contributed by atoms with Crippen molar-refractivity contribution in [1.82, 2.24) is 9.55 Å². The SMILES string of the molecule is C=c1[nH]c(=O)/c(=C(/C)c2ccc(OCCOc3c(-c4ccc(F)c(F)c4)n(C)c4cc(Cl)ccc4c3=O)cc2)s1. The Bertz CT molecular complexity index is 1980. The Morgan fingerprint density at radius 2 is 1.73 bits per heavy atom. The average molecular weight is 581 g/mol. The Morgan fingerprint density at radius 1 is 1.00 bits per heavy atom. The van der Waals surface area contributed by atoms with Crippen LogP contribution in [-0.2, 0) is 7.05 Å². The van der Waals surface area contributed by atoms with E-state index in [1.165, 1.54) is 17.4 Å². The molecule has 0 aliphatic rings. The monoisotopic (exact) mass is 580 g/mol. The van der Waals surface area contributed by atoms with E-state index in [2.05, 4.69) is 11.6 Å². The second-order valence-electron chi connectivity index (χ2n) is 9.01. The summed E-state index contributed by atoms with van der Waals surface area (Å²) >= 11 is 7.47. The van der Waals surface area contributed by atoms with Gasteiger partial charge in [0.1, 0.15) is 19.0 Å². The van der Waals surface area contributed by atoms with E-state index in [-0.39, 0.29) is 35.8 Å². The normalized spacial score (nSPS) is 12.0. The largest absolute Gasteiger partial charge is 0.490 e. The van der Waals surface area contributed by atoms with Crippen LogP contribution >= 0.6 is 22.9 Å². The number of H-pyrrole nitrogens is 1. The number of pyridine rings is 1. The van der Waals surface area contributed by atoms with Gasteiger partial charge in [0.25, 0.3) is 5.56 Å². The summed E-state index contributed by atoms with van der Waals surface area (Å²) in [4.78, 5) is 28.2. The zero-order chi connectivity index (χ0) is 28.6. The molecule has 0 radical (unpaired) electrons. The Labute approximate surface area is 236 Å². The summed E-state index contributed by atoms with van der Waals surface area (Å²) in [6, 6.07) is 15.5. The molecular formula is C30H23ClF2N2O4S. The van der Waals surface area contributed by atoms with Gasteiger partial charge < -0.3 is 19.0 Å². The van der Waals surface area contributed by atoms with Gasteiger partial charge in [-0.15, -0.1) is 11.3 Å². The van der Waals surface area contributed by atoms with Crippen LogP contribution in [0.25, 0.3) is 34.3 Å². The fourth-order valence-electron chi connectivity index (χ4n) is 4.44. The van der Waals surface area contributed by atoms with E-state index in [1.807, 2.05) is 19.1 Å². The van der Waals surface area contributed by atoms with Gasteiger partial charge in [0.15, 0.2) is 17.4 Å². The highest BCUT2D eigenvalue weighted by Gasteiger charge is 2.20. The van der Waals surface area contributed by atoms with Gasteiger partial charge in [-0.3, -0.25) is 9.59 Å². The minimum Gasteiger partial charge on any atom is -0.490 e. The lowest BCUT2D eigenvalue weighted by molar-refractivity contribution is 0.216. The number of hydrogen-bond acceptors (Lipinski definition) is 5. The van der Waals surface area contributed by atoms with Crippen LogP contribution in [-0.4, -0.2) is 22.8 Å². The van der Waals surface area contributed by atoms with Crippen molar-refractivity contribution in [1.29, 1.82) is 0 Å². The molecular weight excluding hydrogens is 558 g/mol. The summed E-state index contributed by atoms with van der Waals surface area (Å²) in [7, 11) is 1.69. The number of thiazole rings is 1.